The van der Waals surface area contributed by atoms with Crippen molar-refractivity contribution in [1.29, 1.82) is 5.41 Å². The summed E-state index contributed by atoms with van der Waals surface area (Å²) in [5, 5.41) is 18.4. The summed E-state index contributed by atoms with van der Waals surface area (Å²) in [5.74, 6) is -1.54. The highest BCUT2D eigenvalue weighted by Gasteiger charge is 2.25. The number of nitrogens with one attached hydrogen (secondary N) is 2. The van der Waals surface area contributed by atoms with E-state index in [1.165, 1.54) is 4.90 Å². The van der Waals surface area contributed by atoms with E-state index in [0.717, 1.165) is 5.69 Å². The van der Waals surface area contributed by atoms with E-state index >= 15 is 0 Å². The van der Waals surface area contributed by atoms with Crippen LogP contribution in [0.1, 0.15) is 12.0 Å². The number of hydrogen-bond donors (Lipinski definition) is 4. The van der Waals surface area contributed by atoms with Gasteiger partial charge in [-0.2, -0.15) is 0 Å². The molecule has 0 spiro atoms. The quantitative estimate of drug-likeness (QED) is 0.374. The first-order valence-corrected chi connectivity index (χ1v) is 7.82. The highest BCUT2D eigenvalue weighted by Crippen LogP contribution is 2.17. The molecule has 1 heterocycles. The van der Waals surface area contributed by atoms with Crippen molar-refractivity contribution in [3.8, 4) is 0 Å². The third-order valence-electron chi connectivity index (χ3n) is 3.86. The highest BCUT2D eigenvalue weighted by molar-refractivity contribution is 5.95. The number of amides is 2. The fourth-order valence-electron chi connectivity index (χ4n) is 2.49. The number of carboxylic acids is 1. The van der Waals surface area contributed by atoms with E-state index in [9.17, 15) is 14.4 Å². The normalized spacial score (nSPS) is 13.8. The Bertz CT molecular complexity index is 680. The minimum Gasteiger partial charge on any atom is -0.481 e. The summed E-state index contributed by atoms with van der Waals surface area (Å²) in [4.78, 5) is 37.7. The fourth-order valence-corrected chi connectivity index (χ4v) is 2.49. The first-order chi connectivity index (χ1) is 11.9. The third kappa shape index (κ3) is 5.92. The smallest absolute Gasteiger partial charge is 0.305 e. The molecule has 0 aromatic heterocycles. The number of nitrogen functional groups attached to an aromatic ring is 1. The van der Waals surface area contributed by atoms with Gasteiger partial charge in [-0.25, -0.2) is 0 Å². The van der Waals surface area contributed by atoms with E-state index in [1.54, 1.807) is 24.3 Å². The monoisotopic (exact) mass is 383 g/mol. The van der Waals surface area contributed by atoms with Crippen LogP contribution in [0, 0.1) is 5.41 Å². The third-order valence-corrected chi connectivity index (χ3v) is 3.86. The molecule has 1 aromatic carbocycles. The first-order valence-electron chi connectivity index (χ1n) is 7.82. The Labute approximate surface area is 157 Å². The summed E-state index contributed by atoms with van der Waals surface area (Å²) in [5.41, 5.74) is 6.89. The summed E-state index contributed by atoms with van der Waals surface area (Å²) in [6.07, 6.45) is -0.149. The van der Waals surface area contributed by atoms with E-state index in [2.05, 4.69) is 5.32 Å². The number of carbonyl (C=O) groups is 3. The predicted molar refractivity (Wildman–Crippen MR) is 98.8 cm³/mol. The zero-order valence-corrected chi connectivity index (χ0v) is 14.9. The second kappa shape index (κ2) is 9.62. The van der Waals surface area contributed by atoms with Gasteiger partial charge in [0.15, 0.2) is 0 Å². The van der Waals surface area contributed by atoms with Crippen molar-refractivity contribution >= 4 is 41.7 Å². The standard InChI is InChI=1S/C16H21N5O4.ClH/c17-16(18)11-1-3-12(4-2-11)20-7-8-21(14(23)10-20)9-13(22)19-6-5-15(24)25;/h1-4H,5-10H2,(H3,17,18)(H,19,22)(H,24,25);1H. The van der Waals surface area contributed by atoms with Crippen LogP contribution < -0.4 is 16.0 Å². The molecule has 0 atom stereocenters. The minimum atomic E-state index is -0.985. The SMILES string of the molecule is Cl.N=C(N)c1ccc(N2CCN(CC(=O)NCCC(=O)O)C(=O)C2)cc1. The highest BCUT2D eigenvalue weighted by atomic mass is 35.5. The maximum atomic E-state index is 12.2. The first kappa shape index (κ1) is 21.2. The number of halogens is 1. The van der Waals surface area contributed by atoms with Crippen LogP contribution in [0.15, 0.2) is 24.3 Å². The van der Waals surface area contributed by atoms with Crippen molar-refractivity contribution in [1.82, 2.24) is 10.2 Å². The van der Waals surface area contributed by atoms with Crippen molar-refractivity contribution < 1.29 is 19.5 Å². The Balaban J connectivity index is 0.00000338. The maximum Gasteiger partial charge on any atom is 0.305 e. The van der Waals surface area contributed by atoms with Crippen LogP contribution in [0.4, 0.5) is 5.69 Å². The Hall–Kier alpha value is -2.81. The number of nitrogens with zero attached hydrogens (tertiary/aromatic N) is 2. The molecule has 9 nitrogen and oxygen atoms in total. The van der Waals surface area contributed by atoms with Crippen LogP contribution >= 0.6 is 12.4 Å². The number of carbonyl (C=O) groups excluding carboxylic acids is 2. The van der Waals surface area contributed by atoms with Gasteiger partial charge in [0.05, 0.1) is 19.5 Å². The Morgan fingerprint density at radius 2 is 1.88 bits per heavy atom. The molecule has 2 rings (SSSR count). The second-order valence-corrected chi connectivity index (χ2v) is 5.69. The molecule has 2 amide bonds. The van der Waals surface area contributed by atoms with Crippen LogP contribution in [0.2, 0.25) is 0 Å². The van der Waals surface area contributed by atoms with Gasteiger partial charge in [0.1, 0.15) is 5.84 Å². The average molecular weight is 384 g/mol. The van der Waals surface area contributed by atoms with Crippen molar-refractivity contribution in [3.05, 3.63) is 29.8 Å². The molecule has 26 heavy (non-hydrogen) atoms. The number of hydrogen-bond acceptors (Lipinski definition) is 5. The lowest BCUT2D eigenvalue weighted by molar-refractivity contribution is -0.138. The molecule has 0 unspecified atom stereocenters. The topological polar surface area (TPSA) is 140 Å². The molecule has 142 valence electrons. The summed E-state index contributed by atoms with van der Waals surface area (Å²) >= 11 is 0. The molecular formula is C16H22ClN5O4. The number of anilines is 1. The van der Waals surface area contributed by atoms with Crippen LogP contribution in [0.25, 0.3) is 0 Å². The molecule has 0 bridgehead atoms. The van der Waals surface area contributed by atoms with E-state index < -0.39 is 5.97 Å². The van der Waals surface area contributed by atoms with E-state index in [0.29, 0.717) is 18.7 Å². The van der Waals surface area contributed by atoms with Gasteiger partial charge in [-0.1, -0.05) is 0 Å². The summed E-state index contributed by atoms with van der Waals surface area (Å²) in [7, 11) is 0. The number of amidine groups is 1. The zero-order valence-electron chi connectivity index (χ0n) is 14.1. The van der Waals surface area contributed by atoms with Gasteiger partial charge in [0.2, 0.25) is 11.8 Å². The molecule has 1 aliphatic heterocycles. The fraction of sp³-hybridized carbons (Fsp3) is 0.375. The largest absolute Gasteiger partial charge is 0.481 e. The van der Waals surface area contributed by atoms with E-state index in [1.807, 2.05) is 4.90 Å². The van der Waals surface area contributed by atoms with E-state index in [4.69, 9.17) is 16.2 Å². The number of piperazine rings is 1. The lowest BCUT2D eigenvalue weighted by Crippen LogP contribution is -2.53. The number of aliphatic carboxylic acids is 1. The van der Waals surface area contributed by atoms with Gasteiger partial charge in [0.25, 0.3) is 0 Å². The number of benzene rings is 1. The van der Waals surface area contributed by atoms with Gasteiger partial charge in [-0.05, 0) is 24.3 Å². The van der Waals surface area contributed by atoms with Crippen LogP contribution in [0.3, 0.4) is 0 Å². The summed E-state index contributed by atoms with van der Waals surface area (Å²) in [6.45, 7) is 1.11. The molecule has 1 fully saturated rings. The van der Waals surface area contributed by atoms with Crippen LogP contribution in [0.5, 0.6) is 0 Å². The molecular weight excluding hydrogens is 362 g/mol. The van der Waals surface area contributed by atoms with Gasteiger partial charge < -0.3 is 26.0 Å². The van der Waals surface area contributed by atoms with Gasteiger partial charge in [-0.3, -0.25) is 19.8 Å². The van der Waals surface area contributed by atoms with Crippen molar-refractivity contribution in [2.45, 2.75) is 6.42 Å². The molecule has 10 heteroatoms. The average Bonchev–Trinajstić information content (AvgIpc) is 2.56. The van der Waals surface area contributed by atoms with Crippen molar-refractivity contribution in [2.24, 2.45) is 5.73 Å². The summed E-state index contributed by atoms with van der Waals surface area (Å²) in [6, 6.07) is 7.06. The zero-order chi connectivity index (χ0) is 18.4. The molecule has 1 saturated heterocycles. The van der Waals surface area contributed by atoms with E-state index in [-0.39, 0.29) is 56.1 Å². The predicted octanol–water partition coefficient (Wildman–Crippen LogP) is -0.368. The minimum absolute atomic E-state index is 0. The Morgan fingerprint density at radius 3 is 2.42 bits per heavy atom. The molecule has 0 radical (unpaired) electrons. The molecule has 0 saturated carbocycles. The molecule has 0 aliphatic carbocycles. The van der Waals surface area contributed by atoms with Gasteiger partial charge >= 0.3 is 5.97 Å². The number of carboxylic acid groups (broad SMARTS) is 1. The van der Waals surface area contributed by atoms with Crippen LogP contribution in [-0.4, -0.2) is 66.3 Å². The lowest BCUT2D eigenvalue weighted by Gasteiger charge is -2.35. The lowest BCUT2D eigenvalue weighted by atomic mass is 10.1. The van der Waals surface area contributed by atoms with Gasteiger partial charge in [0, 0.05) is 30.9 Å². The Kier molecular flexibility index (Phi) is 7.85. The molecule has 1 aliphatic rings. The van der Waals surface area contributed by atoms with Crippen molar-refractivity contribution in [3.63, 3.8) is 0 Å². The second-order valence-electron chi connectivity index (χ2n) is 5.69. The molecule has 5 N–H and O–H groups in total. The maximum absolute atomic E-state index is 12.2. The number of nitrogens with two attached hydrogens (primary N) is 1. The van der Waals surface area contributed by atoms with Crippen molar-refractivity contribution in [2.75, 3.05) is 37.6 Å². The number of rotatable bonds is 7. The van der Waals surface area contributed by atoms with Gasteiger partial charge in [-0.15, -0.1) is 12.4 Å². The van der Waals surface area contributed by atoms with Crippen LogP contribution in [-0.2, 0) is 14.4 Å². The Morgan fingerprint density at radius 1 is 1.23 bits per heavy atom. The summed E-state index contributed by atoms with van der Waals surface area (Å²) < 4.78 is 0. The molecule has 1 aromatic rings.